The highest BCUT2D eigenvalue weighted by atomic mass is 19.1. The maximum atomic E-state index is 14.1. The van der Waals surface area contributed by atoms with Crippen molar-refractivity contribution in [1.82, 2.24) is 25.4 Å². The molecule has 0 amide bonds. The molecule has 0 saturated carbocycles. The highest BCUT2D eigenvalue weighted by Gasteiger charge is 2.47. The monoisotopic (exact) mass is 474 g/mol. The van der Waals surface area contributed by atoms with Crippen LogP contribution in [0.2, 0.25) is 0 Å². The summed E-state index contributed by atoms with van der Waals surface area (Å²) in [5, 5.41) is 27.8. The summed E-state index contributed by atoms with van der Waals surface area (Å²) in [4.78, 5) is 6.06. The van der Waals surface area contributed by atoms with E-state index in [0.29, 0.717) is 73.4 Å². The van der Waals surface area contributed by atoms with Crippen molar-refractivity contribution in [2.75, 3.05) is 18.0 Å². The van der Waals surface area contributed by atoms with Gasteiger partial charge in [0.1, 0.15) is 29.0 Å². The van der Waals surface area contributed by atoms with Crippen LogP contribution in [0.4, 0.5) is 10.2 Å². The number of nitrogens with zero attached hydrogens (tertiary/aromatic N) is 6. The number of rotatable bonds is 4. The third kappa shape index (κ3) is 4.10. The second kappa shape index (κ2) is 8.70. The van der Waals surface area contributed by atoms with Crippen LogP contribution in [-0.2, 0) is 12.8 Å². The van der Waals surface area contributed by atoms with E-state index >= 15 is 0 Å². The minimum Gasteiger partial charge on any atom is -0.484 e. The summed E-state index contributed by atoms with van der Waals surface area (Å²) in [5.41, 5.74) is 1.31. The first kappa shape index (κ1) is 21.6. The summed E-state index contributed by atoms with van der Waals surface area (Å²) >= 11 is 0. The van der Waals surface area contributed by atoms with Gasteiger partial charge >= 0.3 is 0 Å². The molecule has 3 aromatic heterocycles. The van der Waals surface area contributed by atoms with Crippen molar-refractivity contribution in [3.8, 4) is 17.3 Å². The summed E-state index contributed by atoms with van der Waals surface area (Å²) in [6.07, 6.45) is 4.90. The molecule has 10 heteroatoms. The molecule has 1 spiro atoms. The van der Waals surface area contributed by atoms with Gasteiger partial charge in [-0.25, -0.2) is 4.39 Å². The fraction of sp³-hybridized carbons (Fsp3) is 0.320. The topological polar surface area (TPSA) is 110 Å². The SMILES string of the molecule is OC1CN(c2ccc(-c3nnc(Cc4cccnc4)o3)nn2)CCC12CCc1c(F)cccc1O2. The predicted molar refractivity (Wildman–Crippen MR) is 123 cm³/mol. The predicted octanol–water partition coefficient (Wildman–Crippen LogP) is 2.99. The Morgan fingerprint density at radius 2 is 2.00 bits per heavy atom. The van der Waals surface area contributed by atoms with Crippen molar-refractivity contribution in [2.45, 2.75) is 37.4 Å². The van der Waals surface area contributed by atoms with Crippen molar-refractivity contribution in [2.24, 2.45) is 0 Å². The number of halogens is 1. The van der Waals surface area contributed by atoms with E-state index in [1.165, 1.54) is 6.07 Å². The Morgan fingerprint density at radius 1 is 1.06 bits per heavy atom. The van der Waals surface area contributed by atoms with Gasteiger partial charge in [-0.15, -0.1) is 20.4 Å². The Kier molecular flexibility index (Phi) is 5.37. The molecular formula is C25H23FN6O3. The second-order valence-electron chi connectivity index (χ2n) is 8.91. The lowest BCUT2D eigenvalue weighted by molar-refractivity contribution is -0.0789. The zero-order chi connectivity index (χ0) is 23.8. The molecule has 0 bridgehead atoms. The van der Waals surface area contributed by atoms with Crippen LogP contribution in [-0.4, -0.2) is 55.3 Å². The molecule has 178 valence electrons. The van der Waals surface area contributed by atoms with Crippen molar-refractivity contribution in [3.05, 3.63) is 77.7 Å². The first-order chi connectivity index (χ1) is 17.1. The molecule has 6 rings (SSSR count). The van der Waals surface area contributed by atoms with E-state index in [-0.39, 0.29) is 5.82 Å². The zero-order valence-corrected chi connectivity index (χ0v) is 18.8. The molecule has 0 radical (unpaired) electrons. The fourth-order valence-corrected chi connectivity index (χ4v) is 4.77. The van der Waals surface area contributed by atoms with Crippen molar-refractivity contribution in [3.63, 3.8) is 0 Å². The van der Waals surface area contributed by atoms with Crippen molar-refractivity contribution >= 4 is 5.82 Å². The lowest BCUT2D eigenvalue weighted by Crippen LogP contribution is -2.60. The smallest absolute Gasteiger partial charge is 0.268 e. The summed E-state index contributed by atoms with van der Waals surface area (Å²) in [6.45, 7) is 0.972. The first-order valence-corrected chi connectivity index (χ1v) is 11.5. The summed E-state index contributed by atoms with van der Waals surface area (Å²) < 4.78 is 26.0. The molecule has 4 aromatic rings. The Labute approximate surface area is 200 Å². The van der Waals surface area contributed by atoms with Gasteiger partial charge in [0.15, 0.2) is 5.82 Å². The quantitative estimate of drug-likeness (QED) is 0.477. The molecule has 9 nitrogen and oxygen atoms in total. The third-order valence-corrected chi connectivity index (χ3v) is 6.73. The number of piperidine rings is 1. The zero-order valence-electron chi connectivity index (χ0n) is 18.8. The average molecular weight is 474 g/mol. The number of hydrogen-bond donors (Lipinski definition) is 1. The molecule has 35 heavy (non-hydrogen) atoms. The van der Waals surface area contributed by atoms with Crippen LogP contribution < -0.4 is 9.64 Å². The maximum absolute atomic E-state index is 14.1. The van der Waals surface area contributed by atoms with Crippen LogP contribution in [0.25, 0.3) is 11.6 Å². The van der Waals surface area contributed by atoms with Gasteiger partial charge in [0.2, 0.25) is 5.89 Å². The molecule has 1 saturated heterocycles. The molecule has 1 fully saturated rings. The Hall–Kier alpha value is -3.92. The van der Waals surface area contributed by atoms with Gasteiger partial charge in [-0.1, -0.05) is 12.1 Å². The lowest BCUT2D eigenvalue weighted by atomic mass is 9.81. The van der Waals surface area contributed by atoms with Gasteiger partial charge in [-0.05, 0) is 48.7 Å². The number of anilines is 1. The molecule has 2 atom stereocenters. The minimum atomic E-state index is -0.750. The first-order valence-electron chi connectivity index (χ1n) is 11.5. The van der Waals surface area contributed by atoms with Crippen LogP contribution >= 0.6 is 0 Å². The van der Waals surface area contributed by atoms with Crippen LogP contribution in [0.1, 0.15) is 29.9 Å². The number of aliphatic hydroxyl groups excluding tert-OH is 1. The van der Waals surface area contributed by atoms with Crippen molar-refractivity contribution < 1.29 is 18.7 Å². The van der Waals surface area contributed by atoms with E-state index in [2.05, 4.69) is 25.4 Å². The minimum absolute atomic E-state index is 0.259. The van der Waals surface area contributed by atoms with E-state index < -0.39 is 11.7 Å². The van der Waals surface area contributed by atoms with E-state index in [0.717, 1.165) is 5.56 Å². The average Bonchev–Trinajstić information content (AvgIpc) is 3.35. The second-order valence-corrected chi connectivity index (χ2v) is 8.91. The Bertz CT molecular complexity index is 1330. The van der Waals surface area contributed by atoms with Crippen LogP contribution in [0.15, 0.2) is 59.3 Å². The highest BCUT2D eigenvalue weighted by molar-refractivity contribution is 5.50. The Morgan fingerprint density at radius 3 is 2.80 bits per heavy atom. The Balaban J connectivity index is 1.13. The molecular weight excluding hydrogens is 451 g/mol. The number of fused-ring (bicyclic) bond motifs is 1. The van der Waals surface area contributed by atoms with Gasteiger partial charge in [-0.3, -0.25) is 4.98 Å². The molecule has 5 heterocycles. The van der Waals surface area contributed by atoms with Crippen LogP contribution in [0.3, 0.4) is 0 Å². The van der Waals surface area contributed by atoms with Crippen LogP contribution in [0, 0.1) is 5.82 Å². The van der Waals surface area contributed by atoms with Crippen molar-refractivity contribution in [1.29, 1.82) is 0 Å². The fourth-order valence-electron chi connectivity index (χ4n) is 4.77. The highest BCUT2D eigenvalue weighted by Crippen LogP contribution is 2.40. The van der Waals surface area contributed by atoms with Gasteiger partial charge < -0.3 is 19.2 Å². The molecule has 1 N–H and O–H groups in total. The normalized spacial score (nSPS) is 21.5. The summed E-state index contributed by atoms with van der Waals surface area (Å²) in [5.74, 6) is 1.67. The number of pyridine rings is 1. The number of hydrogen-bond acceptors (Lipinski definition) is 9. The number of aromatic nitrogens is 5. The molecule has 1 aromatic carbocycles. The van der Waals surface area contributed by atoms with Crippen LogP contribution in [0.5, 0.6) is 5.75 Å². The van der Waals surface area contributed by atoms with Gasteiger partial charge in [0.25, 0.3) is 5.89 Å². The molecule has 0 aliphatic carbocycles. The summed E-state index contributed by atoms with van der Waals surface area (Å²) in [7, 11) is 0. The largest absolute Gasteiger partial charge is 0.484 e. The molecule has 2 unspecified atom stereocenters. The maximum Gasteiger partial charge on any atom is 0.268 e. The molecule has 2 aliphatic heterocycles. The number of aliphatic hydroxyl groups is 1. The van der Waals surface area contributed by atoms with E-state index in [4.69, 9.17) is 9.15 Å². The van der Waals surface area contributed by atoms with Gasteiger partial charge in [0, 0.05) is 37.5 Å². The van der Waals surface area contributed by atoms with Gasteiger partial charge in [0.05, 0.1) is 6.42 Å². The number of benzene rings is 1. The summed E-state index contributed by atoms with van der Waals surface area (Å²) in [6, 6.07) is 12.2. The standard InChI is InChI=1S/C25H23FN6O3/c26-18-4-1-5-20-17(18)8-9-25(35-20)10-12-32(15-21(25)33)22-7-6-19(28-29-22)24-31-30-23(34-24)13-16-3-2-11-27-14-16/h1-7,11,14,21,33H,8-10,12-13,15H2. The van der Waals surface area contributed by atoms with E-state index in [1.807, 2.05) is 23.1 Å². The number of ether oxygens (including phenoxy) is 1. The third-order valence-electron chi connectivity index (χ3n) is 6.73. The van der Waals surface area contributed by atoms with Gasteiger partial charge in [-0.2, -0.15) is 0 Å². The van der Waals surface area contributed by atoms with E-state index in [9.17, 15) is 9.50 Å². The number of β-amino-alcohol motifs (C(OH)–C–C–N with tert-alkyl or cyclic N) is 1. The van der Waals surface area contributed by atoms with E-state index in [1.54, 1.807) is 30.6 Å². The lowest BCUT2D eigenvalue weighted by Gasteiger charge is -2.47. The molecule has 2 aliphatic rings.